The smallest absolute Gasteiger partial charge is 0.449 e. The number of rotatable bonds is 7. The maximum absolute atomic E-state index is 10.7. The first-order chi connectivity index (χ1) is 9.13. The van der Waals surface area contributed by atoms with Crippen molar-refractivity contribution in [1.29, 1.82) is 0 Å². The van der Waals surface area contributed by atoms with Crippen molar-refractivity contribution in [2.24, 2.45) is 0 Å². The molecular weight excluding hydrogens is 240 g/mol. The van der Waals surface area contributed by atoms with Crippen LogP contribution in [0.15, 0.2) is 12.1 Å². The van der Waals surface area contributed by atoms with Gasteiger partial charge in [-0.1, -0.05) is 39.7 Å². The van der Waals surface area contributed by atoms with Crippen LogP contribution in [0.5, 0.6) is 5.75 Å². The molecule has 1 N–H and O–H groups in total. The van der Waals surface area contributed by atoms with Crippen molar-refractivity contribution in [1.82, 2.24) is 0 Å². The van der Waals surface area contributed by atoms with Crippen LogP contribution in [0.1, 0.15) is 56.7 Å². The summed E-state index contributed by atoms with van der Waals surface area (Å²) in [5.41, 5.74) is 3.64. The van der Waals surface area contributed by atoms with Gasteiger partial charge < -0.3 is 9.84 Å². The molecule has 0 aromatic heterocycles. The van der Waals surface area contributed by atoms with E-state index in [4.69, 9.17) is 9.84 Å². The van der Waals surface area contributed by atoms with Gasteiger partial charge in [0.1, 0.15) is 5.75 Å². The molecule has 1 rings (SSSR count). The number of carboxylic acid groups (broad SMARTS) is 1. The molecular formula is C16H24O3. The van der Waals surface area contributed by atoms with E-state index in [-0.39, 0.29) is 0 Å². The highest BCUT2D eigenvalue weighted by Crippen LogP contribution is 2.28. The average molecular weight is 264 g/mol. The fourth-order valence-electron chi connectivity index (χ4n) is 2.54. The molecule has 0 amide bonds. The van der Waals surface area contributed by atoms with Crippen molar-refractivity contribution in [3.05, 3.63) is 28.8 Å². The Morgan fingerprint density at radius 3 is 2.32 bits per heavy atom. The molecule has 0 aliphatic rings. The summed E-state index contributed by atoms with van der Waals surface area (Å²) in [5.74, 6) is 0.492. The number of ether oxygens (including phenoxy) is 1. The van der Waals surface area contributed by atoms with Gasteiger partial charge in [0.25, 0.3) is 0 Å². The second-order valence-electron chi connectivity index (χ2n) is 4.71. The van der Waals surface area contributed by atoms with Crippen molar-refractivity contribution in [2.45, 2.75) is 59.3 Å². The quantitative estimate of drug-likeness (QED) is 0.444. The molecule has 0 aliphatic carbocycles. The summed E-state index contributed by atoms with van der Waals surface area (Å²) in [6.45, 7) is 6.35. The van der Waals surface area contributed by atoms with E-state index in [0.29, 0.717) is 5.75 Å². The molecule has 106 valence electrons. The van der Waals surface area contributed by atoms with Gasteiger partial charge in [-0.2, -0.15) is 0 Å². The summed E-state index contributed by atoms with van der Waals surface area (Å²) in [4.78, 5) is 10.7. The van der Waals surface area contributed by atoms with Crippen LogP contribution in [0.2, 0.25) is 0 Å². The molecule has 3 nitrogen and oxygen atoms in total. The fraction of sp³-hybridized carbons (Fsp3) is 0.562. The van der Waals surface area contributed by atoms with E-state index in [1.807, 2.05) is 13.0 Å². The Kier molecular flexibility index (Phi) is 6.40. The van der Waals surface area contributed by atoms with Crippen LogP contribution in [0.4, 0.5) is 4.79 Å². The maximum Gasteiger partial charge on any atom is 0.511 e. The van der Waals surface area contributed by atoms with Crippen molar-refractivity contribution in [3.63, 3.8) is 0 Å². The zero-order chi connectivity index (χ0) is 14.3. The van der Waals surface area contributed by atoms with E-state index in [2.05, 4.69) is 13.8 Å². The SMILES string of the molecule is CCCCCc1ccc(OC(=O)O)c(CC)c1CC. The molecule has 19 heavy (non-hydrogen) atoms. The molecule has 0 unspecified atom stereocenters. The highest BCUT2D eigenvalue weighted by atomic mass is 16.7. The molecule has 0 heterocycles. The first-order valence-electron chi connectivity index (χ1n) is 7.18. The van der Waals surface area contributed by atoms with Gasteiger partial charge in [0, 0.05) is 0 Å². The minimum Gasteiger partial charge on any atom is -0.449 e. The summed E-state index contributed by atoms with van der Waals surface area (Å²) in [6, 6.07) is 3.82. The van der Waals surface area contributed by atoms with E-state index in [1.54, 1.807) is 6.07 Å². The zero-order valence-electron chi connectivity index (χ0n) is 12.2. The number of unbranched alkanes of at least 4 members (excludes halogenated alkanes) is 2. The van der Waals surface area contributed by atoms with Crippen LogP contribution in [0.25, 0.3) is 0 Å². The maximum atomic E-state index is 10.7. The molecule has 0 saturated heterocycles. The van der Waals surface area contributed by atoms with Gasteiger partial charge >= 0.3 is 6.16 Å². The number of benzene rings is 1. The summed E-state index contributed by atoms with van der Waals surface area (Å²) < 4.78 is 4.88. The standard InChI is InChI=1S/C16H24O3/c1-4-7-8-9-12-10-11-15(19-16(17)18)14(6-3)13(12)5-2/h10-11H,4-9H2,1-3H3,(H,17,18). The summed E-state index contributed by atoms with van der Waals surface area (Å²) in [7, 11) is 0. The molecule has 1 aromatic rings. The first kappa shape index (κ1) is 15.5. The Bertz CT molecular complexity index is 424. The lowest BCUT2D eigenvalue weighted by Gasteiger charge is -2.16. The van der Waals surface area contributed by atoms with Gasteiger partial charge in [0.2, 0.25) is 0 Å². The minimum atomic E-state index is -1.24. The van der Waals surface area contributed by atoms with Crippen LogP contribution < -0.4 is 4.74 Å². The third-order valence-electron chi connectivity index (χ3n) is 3.44. The van der Waals surface area contributed by atoms with E-state index >= 15 is 0 Å². The topological polar surface area (TPSA) is 46.5 Å². The predicted octanol–water partition coefficient (Wildman–Crippen LogP) is 4.60. The molecule has 1 aromatic carbocycles. The van der Waals surface area contributed by atoms with Crippen LogP contribution in [-0.2, 0) is 19.3 Å². The first-order valence-corrected chi connectivity index (χ1v) is 7.18. The zero-order valence-corrected chi connectivity index (χ0v) is 12.2. The highest BCUT2D eigenvalue weighted by molar-refractivity contribution is 5.63. The number of hydrogen-bond donors (Lipinski definition) is 1. The highest BCUT2D eigenvalue weighted by Gasteiger charge is 2.13. The van der Waals surface area contributed by atoms with E-state index in [1.165, 1.54) is 30.4 Å². The van der Waals surface area contributed by atoms with Gasteiger partial charge in [-0.15, -0.1) is 0 Å². The van der Waals surface area contributed by atoms with Crippen molar-refractivity contribution < 1.29 is 14.6 Å². The third-order valence-corrected chi connectivity index (χ3v) is 3.44. The van der Waals surface area contributed by atoms with Gasteiger partial charge in [-0.05, 0) is 48.4 Å². The molecule has 0 bridgehead atoms. The molecule has 0 spiro atoms. The molecule has 0 atom stereocenters. The van der Waals surface area contributed by atoms with Gasteiger partial charge in [0.05, 0.1) is 0 Å². The number of hydrogen-bond acceptors (Lipinski definition) is 2. The van der Waals surface area contributed by atoms with Crippen LogP contribution >= 0.6 is 0 Å². The van der Waals surface area contributed by atoms with Crippen LogP contribution in [-0.4, -0.2) is 11.3 Å². The largest absolute Gasteiger partial charge is 0.511 e. The molecule has 0 radical (unpaired) electrons. The number of carbonyl (C=O) groups is 1. The lowest BCUT2D eigenvalue weighted by Crippen LogP contribution is -2.08. The Morgan fingerprint density at radius 2 is 1.79 bits per heavy atom. The lowest BCUT2D eigenvalue weighted by atomic mass is 9.93. The van der Waals surface area contributed by atoms with Gasteiger partial charge in [0.15, 0.2) is 0 Å². The molecule has 3 heteroatoms. The lowest BCUT2D eigenvalue weighted by molar-refractivity contribution is 0.144. The van der Waals surface area contributed by atoms with Gasteiger partial charge in [-0.3, -0.25) is 0 Å². The van der Waals surface area contributed by atoms with Crippen molar-refractivity contribution in [3.8, 4) is 5.75 Å². The van der Waals surface area contributed by atoms with Gasteiger partial charge in [-0.25, -0.2) is 4.79 Å². The van der Waals surface area contributed by atoms with E-state index in [9.17, 15) is 4.79 Å². The van der Waals surface area contributed by atoms with Crippen molar-refractivity contribution >= 4 is 6.16 Å². The monoisotopic (exact) mass is 264 g/mol. The molecule has 0 aliphatic heterocycles. The number of aryl methyl sites for hydroxylation is 1. The molecule has 0 fully saturated rings. The van der Waals surface area contributed by atoms with Crippen molar-refractivity contribution in [2.75, 3.05) is 0 Å². The normalized spacial score (nSPS) is 10.5. The Balaban J connectivity index is 3.03. The van der Waals surface area contributed by atoms with Crippen LogP contribution in [0.3, 0.4) is 0 Å². The Hall–Kier alpha value is -1.51. The predicted molar refractivity (Wildman–Crippen MR) is 77.1 cm³/mol. The molecule has 0 saturated carbocycles. The Labute approximate surface area is 115 Å². The fourth-order valence-corrected chi connectivity index (χ4v) is 2.54. The second-order valence-corrected chi connectivity index (χ2v) is 4.71. The summed E-state index contributed by atoms with van der Waals surface area (Å²) >= 11 is 0. The van der Waals surface area contributed by atoms with E-state index < -0.39 is 6.16 Å². The van der Waals surface area contributed by atoms with Crippen LogP contribution in [0, 0.1) is 0 Å². The minimum absolute atomic E-state index is 0.492. The second kappa shape index (κ2) is 7.82. The van der Waals surface area contributed by atoms with E-state index in [0.717, 1.165) is 24.8 Å². The average Bonchev–Trinajstić information content (AvgIpc) is 2.39. The summed E-state index contributed by atoms with van der Waals surface area (Å²) in [6.07, 6.45) is 5.17. The third kappa shape index (κ3) is 4.27. The summed E-state index contributed by atoms with van der Waals surface area (Å²) in [5, 5.41) is 8.77. The Morgan fingerprint density at radius 1 is 1.11 bits per heavy atom.